The van der Waals surface area contributed by atoms with Gasteiger partial charge in [0.2, 0.25) is 0 Å². The summed E-state index contributed by atoms with van der Waals surface area (Å²) in [7, 11) is 0. The molecule has 21 heavy (non-hydrogen) atoms. The second-order valence-electron chi connectivity index (χ2n) is 5.86. The molecule has 1 atom stereocenters. The minimum absolute atomic E-state index is 0.121. The van der Waals surface area contributed by atoms with Crippen LogP contribution in [0.3, 0.4) is 0 Å². The summed E-state index contributed by atoms with van der Waals surface area (Å²) in [5, 5.41) is 3.51. The van der Waals surface area contributed by atoms with Gasteiger partial charge in [-0.2, -0.15) is 0 Å². The Morgan fingerprint density at radius 1 is 1.48 bits per heavy atom. The van der Waals surface area contributed by atoms with Crippen LogP contribution >= 0.6 is 11.3 Å². The SMILES string of the molecule is Cc1cc(C)c2nc(NC(=O)C(C)OCC3CC3)sc2c1. The third-order valence-electron chi connectivity index (χ3n) is 3.71. The normalized spacial score (nSPS) is 16.1. The minimum atomic E-state index is -0.430. The fourth-order valence-corrected chi connectivity index (χ4v) is 3.32. The van der Waals surface area contributed by atoms with Gasteiger partial charge < -0.3 is 4.74 Å². The van der Waals surface area contributed by atoms with Crippen molar-refractivity contribution in [2.75, 3.05) is 11.9 Å². The van der Waals surface area contributed by atoms with Gasteiger partial charge in [0.05, 0.1) is 16.8 Å². The molecule has 5 heteroatoms. The zero-order valence-corrected chi connectivity index (χ0v) is 13.4. The van der Waals surface area contributed by atoms with Gasteiger partial charge in [-0.15, -0.1) is 0 Å². The third kappa shape index (κ3) is 3.41. The molecule has 0 bridgehead atoms. The molecule has 1 fully saturated rings. The maximum absolute atomic E-state index is 12.1. The molecule has 1 unspecified atom stereocenters. The summed E-state index contributed by atoms with van der Waals surface area (Å²) in [6.45, 7) is 6.59. The molecule has 3 rings (SSSR count). The molecule has 4 nitrogen and oxygen atoms in total. The summed E-state index contributed by atoms with van der Waals surface area (Å²) < 4.78 is 6.69. The highest BCUT2D eigenvalue weighted by molar-refractivity contribution is 7.22. The number of hydrogen-bond acceptors (Lipinski definition) is 4. The summed E-state index contributed by atoms with van der Waals surface area (Å²) >= 11 is 1.51. The van der Waals surface area contributed by atoms with E-state index in [-0.39, 0.29) is 5.91 Å². The lowest BCUT2D eigenvalue weighted by Gasteiger charge is -2.11. The number of benzene rings is 1. The van der Waals surface area contributed by atoms with Gasteiger partial charge in [0.15, 0.2) is 5.13 Å². The zero-order chi connectivity index (χ0) is 15.0. The van der Waals surface area contributed by atoms with Gasteiger partial charge in [-0.1, -0.05) is 17.4 Å². The number of thiazole rings is 1. The molecule has 0 saturated heterocycles. The van der Waals surface area contributed by atoms with Crippen molar-refractivity contribution in [3.63, 3.8) is 0 Å². The van der Waals surface area contributed by atoms with Crippen molar-refractivity contribution in [2.45, 2.75) is 39.7 Å². The Morgan fingerprint density at radius 2 is 2.24 bits per heavy atom. The van der Waals surface area contributed by atoms with Crippen molar-refractivity contribution in [3.8, 4) is 0 Å². The highest BCUT2D eigenvalue weighted by Crippen LogP contribution is 2.30. The summed E-state index contributed by atoms with van der Waals surface area (Å²) in [5.74, 6) is 0.539. The van der Waals surface area contributed by atoms with E-state index in [1.54, 1.807) is 6.92 Å². The number of hydrogen-bond donors (Lipinski definition) is 1. The number of rotatable bonds is 5. The molecular formula is C16H20N2O2S. The molecule has 1 aromatic carbocycles. The first-order valence-electron chi connectivity index (χ1n) is 7.33. The largest absolute Gasteiger partial charge is 0.368 e. The number of carbonyl (C=O) groups is 1. The highest BCUT2D eigenvalue weighted by atomic mass is 32.1. The van der Waals surface area contributed by atoms with Crippen LogP contribution in [0, 0.1) is 19.8 Å². The average Bonchev–Trinajstić information content (AvgIpc) is 3.16. The van der Waals surface area contributed by atoms with Gasteiger partial charge >= 0.3 is 0 Å². The van der Waals surface area contributed by atoms with Crippen LogP contribution in [-0.4, -0.2) is 23.6 Å². The number of fused-ring (bicyclic) bond motifs is 1. The van der Waals surface area contributed by atoms with Crippen LogP contribution in [0.1, 0.15) is 30.9 Å². The smallest absolute Gasteiger partial charge is 0.254 e. The van der Waals surface area contributed by atoms with Gasteiger partial charge in [-0.3, -0.25) is 10.1 Å². The summed E-state index contributed by atoms with van der Waals surface area (Å²) in [6.07, 6.45) is 2.02. The number of aromatic nitrogens is 1. The molecule has 1 aliphatic rings. The summed E-state index contributed by atoms with van der Waals surface area (Å²) in [4.78, 5) is 16.6. The Hall–Kier alpha value is -1.46. The van der Waals surface area contributed by atoms with Gasteiger partial charge in [-0.25, -0.2) is 4.98 Å². The van der Waals surface area contributed by atoms with E-state index < -0.39 is 6.10 Å². The predicted molar refractivity (Wildman–Crippen MR) is 85.9 cm³/mol. The number of amides is 1. The van der Waals surface area contributed by atoms with Crippen LogP contribution in [0.25, 0.3) is 10.2 Å². The Labute approximate surface area is 128 Å². The van der Waals surface area contributed by atoms with E-state index in [2.05, 4.69) is 29.4 Å². The molecule has 1 N–H and O–H groups in total. The average molecular weight is 304 g/mol. The van der Waals surface area contributed by atoms with Crippen molar-refractivity contribution >= 4 is 32.6 Å². The fraction of sp³-hybridized carbons (Fsp3) is 0.500. The van der Waals surface area contributed by atoms with Crippen LogP contribution in [0.15, 0.2) is 12.1 Å². The van der Waals surface area contributed by atoms with Gasteiger partial charge in [0.1, 0.15) is 6.10 Å². The first-order chi connectivity index (χ1) is 10.0. The van der Waals surface area contributed by atoms with Crippen LogP contribution in [-0.2, 0) is 9.53 Å². The second-order valence-corrected chi connectivity index (χ2v) is 6.89. The molecule has 2 aromatic rings. The third-order valence-corrected chi connectivity index (χ3v) is 4.63. The first kappa shape index (κ1) is 14.5. The fourth-order valence-electron chi connectivity index (χ4n) is 2.27. The molecule has 1 amide bonds. The first-order valence-corrected chi connectivity index (χ1v) is 8.15. The Balaban J connectivity index is 1.68. The summed E-state index contributed by atoms with van der Waals surface area (Å²) in [5.41, 5.74) is 3.31. The Kier molecular flexibility index (Phi) is 3.95. The minimum Gasteiger partial charge on any atom is -0.368 e. The van der Waals surface area contributed by atoms with E-state index in [0.717, 1.165) is 15.8 Å². The van der Waals surface area contributed by atoms with Crippen LogP contribution in [0.4, 0.5) is 5.13 Å². The molecule has 112 valence electrons. The maximum atomic E-state index is 12.1. The summed E-state index contributed by atoms with van der Waals surface area (Å²) in [6, 6.07) is 4.21. The van der Waals surface area contributed by atoms with Crippen LogP contribution in [0.5, 0.6) is 0 Å². The Morgan fingerprint density at radius 3 is 2.95 bits per heavy atom. The van der Waals surface area contributed by atoms with Gasteiger partial charge in [-0.05, 0) is 56.7 Å². The number of aryl methyl sites for hydroxylation is 2. The number of nitrogens with zero attached hydrogens (tertiary/aromatic N) is 1. The van der Waals surface area contributed by atoms with E-state index >= 15 is 0 Å². The van der Waals surface area contributed by atoms with Crippen LogP contribution in [0.2, 0.25) is 0 Å². The maximum Gasteiger partial charge on any atom is 0.254 e. The topological polar surface area (TPSA) is 51.2 Å². The zero-order valence-electron chi connectivity index (χ0n) is 12.6. The van der Waals surface area contributed by atoms with Crippen molar-refractivity contribution in [3.05, 3.63) is 23.3 Å². The van der Waals surface area contributed by atoms with Crippen molar-refractivity contribution < 1.29 is 9.53 Å². The standard InChI is InChI=1S/C16H20N2O2S/c1-9-6-10(2)14-13(7-9)21-16(17-14)18-15(19)11(3)20-8-12-4-5-12/h6-7,11-12H,4-5,8H2,1-3H3,(H,17,18,19). The molecule has 0 aliphatic heterocycles. The van der Waals surface area contributed by atoms with Crippen molar-refractivity contribution in [1.82, 2.24) is 4.98 Å². The van der Waals surface area contributed by atoms with E-state index in [4.69, 9.17) is 4.74 Å². The highest BCUT2D eigenvalue weighted by Gasteiger charge is 2.24. The van der Waals surface area contributed by atoms with E-state index in [1.165, 1.54) is 29.7 Å². The molecule has 0 spiro atoms. The monoisotopic (exact) mass is 304 g/mol. The number of carbonyl (C=O) groups excluding carboxylic acids is 1. The van der Waals surface area contributed by atoms with E-state index in [1.807, 2.05) is 6.92 Å². The second kappa shape index (κ2) is 5.73. The van der Waals surface area contributed by atoms with Crippen molar-refractivity contribution in [2.24, 2.45) is 5.92 Å². The quantitative estimate of drug-likeness (QED) is 0.917. The van der Waals surface area contributed by atoms with Crippen molar-refractivity contribution in [1.29, 1.82) is 0 Å². The van der Waals surface area contributed by atoms with E-state index in [9.17, 15) is 4.79 Å². The van der Waals surface area contributed by atoms with Gasteiger partial charge in [0.25, 0.3) is 5.91 Å². The molecule has 0 radical (unpaired) electrons. The lowest BCUT2D eigenvalue weighted by atomic mass is 10.1. The predicted octanol–water partition coefficient (Wildman–Crippen LogP) is 3.67. The Bertz CT molecular complexity index is 676. The van der Waals surface area contributed by atoms with Gasteiger partial charge in [0, 0.05) is 0 Å². The number of ether oxygens (including phenoxy) is 1. The number of anilines is 1. The lowest BCUT2D eigenvalue weighted by Crippen LogP contribution is -2.28. The molecule has 1 aromatic heterocycles. The van der Waals surface area contributed by atoms with Crippen LogP contribution < -0.4 is 5.32 Å². The lowest BCUT2D eigenvalue weighted by molar-refractivity contribution is -0.126. The molecule has 1 saturated carbocycles. The van der Waals surface area contributed by atoms with E-state index in [0.29, 0.717) is 17.7 Å². The number of nitrogens with one attached hydrogen (secondary N) is 1. The molecule has 1 aliphatic carbocycles. The molecular weight excluding hydrogens is 284 g/mol. The molecule has 1 heterocycles.